The summed E-state index contributed by atoms with van der Waals surface area (Å²) in [5, 5.41) is 4.04. The Morgan fingerprint density at radius 3 is 2.80 bits per heavy atom. The number of hydrogen-bond acceptors (Lipinski definition) is 2. The highest BCUT2D eigenvalue weighted by Gasteiger charge is 1.99. The smallest absolute Gasteiger partial charge is 0.157 e. The van der Waals surface area contributed by atoms with Crippen LogP contribution >= 0.6 is 0 Å². The highest BCUT2D eigenvalue weighted by Crippen LogP contribution is 2.13. The Labute approximate surface area is 89.3 Å². The molecule has 0 aliphatic heterocycles. The standard InChI is InChI=1S/C12H14N2O/c1-10-5-3-4-6-11(10)9-15-12-7-13-14(2)8-12/h3-8H,9H2,1-2H3. The van der Waals surface area contributed by atoms with Gasteiger partial charge in [0.2, 0.25) is 0 Å². The van der Waals surface area contributed by atoms with Gasteiger partial charge in [-0.1, -0.05) is 24.3 Å². The summed E-state index contributed by atoms with van der Waals surface area (Å²) in [6, 6.07) is 8.21. The van der Waals surface area contributed by atoms with Gasteiger partial charge in [-0.25, -0.2) is 0 Å². The molecule has 2 rings (SSSR count). The summed E-state index contributed by atoms with van der Waals surface area (Å²) in [5.41, 5.74) is 2.46. The third-order valence-electron chi connectivity index (χ3n) is 2.34. The van der Waals surface area contributed by atoms with Gasteiger partial charge in [-0.15, -0.1) is 0 Å². The first-order valence-electron chi connectivity index (χ1n) is 4.91. The van der Waals surface area contributed by atoms with Crippen LogP contribution in [0.15, 0.2) is 36.7 Å². The molecule has 0 amide bonds. The van der Waals surface area contributed by atoms with E-state index >= 15 is 0 Å². The Balaban J connectivity index is 2.02. The second-order valence-corrected chi connectivity index (χ2v) is 3.56. The van der Waals surface area contributed by atoms with Crippen molar-refractivity contribution in [2.24, 2.45) is 7.05 Å². The van der Waals surface area contributed by atoms with E-state index in [2.05, 4.69) is 24.2 Å². The van der Waals surface area contributed by atoms with Gasteiger partial charge >= 0.3 is 0 Å². The van der Waals surface area contributed by atoms with Crippen molar-refractivity contribution in [2.45, 2.75) is 13.5 Å². The molecule has 1 aromatic carbocycles. The Bertz CT molecular complexity index is 448. The molecule has 0 radical (unpaired) electrons. The second-order valence-electron chi connectivity index (χ2n) is 3.56. The molecule has 3 nitrogen and oxygen atoms in total. The van der Waals surface area contributed by atoms with E-state index in [0.29, 0.717) is 6.61 Å². The number of benzene rings is 1. The molecule has 3 heteroatoms. The zero-order chi connectivity index (χ0) is 10.7. The fourth-order valence-corrected chi connectivity index (χ4v) is 1.41. The van der Waals surface area contributed by atoms with Gasteiger partial charge in [0.25, 0.3) is 0 Å². The largest absolute Gasteiger partial charge is 0.486 e. The monoisotopic (exact) mass is 202 g/mol. The topological polar surface area (TPSA) is 27.1 Å². The highest BCUT2D eigenvalue weighted by atomic mass is 16.5. The van der Waals surface area contributed by atoms with Gasteiger partial charge in [0.1, 0.15) is 6.61 Å². The van der Waals surface area contributed by atoms with Gasteiger partial charge in [0.15, 0.2) is 5.75 Å². The lowest BCUT2D eigenvalue weighted by Crippen LogP contribution is -1.96. The van der Waals surface area contributed by atoms with Gasteiger partial charge in [0, 0.05) is 7.05 Å². The average Bonchev–Trinajstić information content (AvgIpc) is 2.63. The maximum absolute atomic E-state index is 5.61. The van der Waals surface area contributed by atoms with Crippen LogP contribution in [0.5, 0.6) is 5.75 Å². The molecule has 1 heterocycles. The maximum Gasteiger partial charge on any atom is 0.157 e. The van der Waals surface area contributed by atoms with Crippen LogP contribution in [0.1, 0.15) is 11.1 Å². The third kappa shape index (κ3) is 2.37. The lowest BCUT2D eigenvalue weighted by atomic mass is 10.1. The normalized spacial score (nSPS) is 10.3. The van der Waals surface area contributed by atoms with Crippen molar-refractivity contribution in [3.63, 3.8) is 0 Å². The molecule has 0 fully saturated rings. The van der Waals surface area contributed by atoms with Gasteiger partial charge in [0.05, 0.1) is 12.4 Å². The Kier molecular flexibility index (Phi) is 2.72. The number of aromatic nitrogens is 2. The van der Waals surface area contributed by atoms with E-state index in [-0.39, 0.29) is 0 Å². The molecule has 0 spiro atoms. The zero-order valence-corrected chi connectivity index (χ0v) is 8.97. The van der Waals surface area contributed by atoms with Crippen LogP contribution in [0.4, 0.5) is 0 Å². The summed E-state index contributed by atoms with van der Waals surface area (Å²) in [6.45, 7) is 2.68. The lowest BCUT2D eigenvalue weighted by molar-refractivity contribution is 0.305. The van der Waals surface area contributed by atoms with E-state index in [4.69, 9.17) is 4.74 Å². The van der Waals surface area contributed by atoms with Crippen LogP contribution in [-0.4, -0.2) is 9.78 Å². The molecule has 0 N–H and O–H groups in total. The molecule has 78 valence electrons. The van der Waals surface area contributed by atoms with E-state index in [1.165, 1.54) is 11.1 Å². The molecule has 0 aliphatic carbocycles. The van der Waals surface area contributed by atoms with Crippen LogP contribution in [-0.2, 0) is 13.7 Å². The van der Waals surface area contributed by atoms with Crippen LogP contribution < -0.4 is 4.74 Å². The minimum Gasteiger partial charge on any atom is -0.486 e. The Hall–Kier alpha value is -1.77. The zero-order valence-electron chi connectivity index (χ0n) is 8.97. The minimum absolute atomic E-state index is 0.596. The molecule has 0 atom stereocenters. The van der Waals surface area contributed by atoms with Crippen LogP contribution in [0.2, 0.25) is 0 Å². The Morgan fingerprint density at radius 2 is 2.13 bits per heavy atom. The fourth-order valence-electron chi connectivity index (χ4n) is 1.41. The van der Waals surface area contributed by atoms with Crippen LogP contribution in [0.3, 0.4) is 0 Å². The molecule has 0 unspecified atom stereocenters. The molecule has 2 aromatic rings. The number of hydrogen-bond donors (Lipinski definition) is 0. The molecular weight excluding hydrogens is 188 g/mol. The maximum atomic E-state index is 5.61. The van der Waals surface area contributed by atoms with E-state index in [1.807, 2.05) is 25.4 Å². The third-order valence-corrected chi connectivity index (χ3v) is 2.34. The van der Waals surface area contributed by atoms with Crippen molar-refractivity contribution in [3.8, 4) is 5.75 Å². The summed E-state index contributed by atoms with van der Waals surface area (Å²) >= 11 is 0. The lowest BCUT2D eigenvalue weighted by Gasteiger charge is -2.05. The molecule has 1 aromatic heterocycles. The van der Waals surface area contributed by atoms with Crippen molar-refractivity contribution in [2.75, 3.05) is 0 Å². The summed E-state index contributed by atoms with van der Waals surface area (Å²) in [4.78, 5) is 0. The summed E-state index contributed by atoms with van der Waals surface area (Å²) in [6.07, 6.45) is 3.58. The molecule has 0 saturated heterocycles. The van der Waals surface area contributed by atoms with Gasteiger partial charge in [-0.3, -0.25) is 4.68 Å². The summed E-state index contributed by atoms with van der Waals surface area (Å²) in [7, 11) is 1.88. The molecule has 0 aliphatic rings. The molecule has 15 heavy (non-hydrogen) atoms. The predicted octanol–water partition coefficient (Wildman–Crippen LogP) is 2.31. The predicted molar refractivity (Wildman–Crippen MR) is 58.7 cm³/mol. The summed E-state index contributed by atoms with van der Waals surface area (Å²) < 4.78 is 7.34. The number of ether oxygens (including phenoxy) is 1. The average molecular weight is 202 g/mol. The molecule has 0 saturated carbocycles. The van der Waals surface area contributed by atoms with Crippen molar-refractivity contribution in [1.29, 1.82) is 0 Å². The van der Waals surface area contributed by atoms with E-state index in [0.717, 1.165) is 5.75 Å². The Morgan fingerprint density at radius 1 is 1.33 bits per heavy atom. The molecular formula is C12H14N2O. The van der Waals surface area contributed by atoms with Gasteiger partial charge in [-0.05, 0) is 18.1 Å². The number of rotatable bonds is 3. The first-order chi connectivity index (χ1) is 7.25. The van der Waals surface area contributed by atoms with Crippen molar-refractivity contribution in [1.82, 2.24) is 9.78 Å². The van der Waals surface area contributed by atoms with Gasteiger partial charge in [-0.2, -0.15) is 5.10 Å². The van der Waals surface area contributed by atoms with Crippen molar-refractivity contribution < 1.29 is 4.74 Å². The van der Waals surface area contributed by atoms with Crippen molar-refractivity contribution >= 4 is 0 Å². The first-order valence-corrected chi connectivity index (χ1v) is 4.91. The minimum atomic E-state index is 0.596. The van der Waals surface area contributed by atoms with E-state index < -0.39 is 0 Å². The molecule has 0 bridgehead atoms. The summed E-state index contributed by atoms with van der Waals surface area (Å²) in [5.74, 6) is 0.806. The number of aryl methyl sites for hydroxylation is 2. The number of nitrogens with zero attached hydrogens (tertiary/aromatic N) is 2. The highest BCUT2D eigenvalue weighted by molar-refractivity contribution is 5.25. The second kappa shape index (κ2) is 4.17. The fraction of sp³-hybridized carbons (Fsp3) is 0.250. The first kappa shape index (κ1) is 9.77. The van der Waals surface area contributed by atoms with Crippen LogP contribution in [0, 0.1) is 6.92 Å². The van der Waals surface area contributed by atoms with E-state index in [1.54, 1.807) is 10.9 Å². The SMILES string of the molecule is Cc1ccccc1COc1cnn(C)c1. The van der Waals surface area contributed by atoms with Crippen molar-refractivity contribution in [3.05, 3.63) is 47.8 Å². The quantitative estimate of drug-likeness (QED) is 0.763. The van der Waals surface area contributed by atoms with Crippen LogP contribution in [0.25, 0.3) is 0 Å². The van der Waals surface area contributed by atoms with E-state index in [9.17, 15) is 0 Å². The van der Waals surface area contributed by atoms with Gasteiger partial charge < -0.3 is 4.74 Å².